The van der Waals surface area contributed by atoms with Crippen LogP contribution in [0, 0.1) is 5.82 Å². The van der Waals surface area contributed by atoms with Gasteiger partial charge in [-0.1, -0.05) is 23.7 Å². The lowest BCUT2D eigenvalue weighted by molar-refractivity contribution is 0.0699. The van der Waals surface area contributed by atoms with Gasteiger partial charge in [0.2, 0.25) is 0 Å². The van der Waals surface area contributed by atoms with E-state index in [1.807, 2.05) is 16.8 Å². The summed E-state index contributed by atoms with van der Waals surface area (Å²) in [6.07, 6.45) is 9.97. The molecule has 5 aromatic rings. The Morgan fingerprint density at radius 3 is 2.39 bits per heavy atom. The van der Waals surface area contributed by atoms with Crippen molar-refractivity contribution in [2.45, 2.75) is 6.54 Å². The van der Waals surface area contributed by atoms with Crippen LogP contribution in [0.4, 0.5) is 10.2 Å². The van der Waals surface area contributed by atoms with E-state index in [1.165, 1.54) is 44.8 Å². The highest BCUT2D eigenvalue weighted by molar-refractivity contribution is 6.35. The normalized spacial score (nSPS) is 10.5. The fourth-order valence-corrected chi connectivity index (χ4v) is 3.99. The van der Waals surface area contributed by atoms with E-state index in [1.54, 1.807) is 24.8 Å². The van der Waals surface area contributed by atoms with Crippen LogP contribution in [0.5, 0.6) is 11.5 Å². The Balaban J connectivity index is 0.000000216. The number of pyridine rings is 1. The minimum Gasteiger partial charge on any atom is -0.495 e. The number of imidazole rings is 1. The number of hydrogen-bond donors (Lipinski definition) is 2. The number of nitrogens with zero attached hydrogens (tertiary/aromatic N) is 5. The number of rotatable bonds is 6. The summed E-state index contributed by atoms with van der Waals surface area (Å²) >= 11 is 6.30. The molecular formula is C26H22ClFN6O4. The molecule has 0 saturated carbocycles. The maximum absolute atomic E-state index is 14.9. The van der Waals surface area contributed by atoms with Crippen LogP contribution < -0.4 is 15.2 Å². The molecule has 0 aliphatic carbocycles. The predicted octanol–water partition coefficient (Wildman–Crippen LogP) is 4.71. The number of carboxylic acid groups (broad SMARTS) is 1. The van der Waals surface area contributed by atoms with Gasteiger partial charge in [-0.2, -0.15) is 0 Å². The maximum atomic E-state index is 14.9. The molecule has 0 aliphatic heterocycles. The maximum Gasteiger partial charge on any atom is 0.337 e. The Bertz CT molecular complexity index is 1550. The van der Waals surface area contributed by atoms with E-state index in [4.69, 9.17) is 26.8 Å². The van der Waals surface area contributed by atoms with Crippen LogP contribution in [0.15, 0.2) is 67.6 Å². The molecule has 12 heteroatoms. The van der Waals surface area contributed by atoms with Crippen molar-refractivity contribution in [1.29, 1.82) is 0 Å². The molecule has 0 radical (unpaired) electrons. The largest absolute Gasteiger partial charge is 0.495 e. The van der Waals surface area contributed by atoms with Crippen molar-refractivity contribution >= 4 is 34.4 Å². The van der Waals surface area contributed by atoms with Gasteiger partial charge in [-0.3, -0.25) is 9.97 Å². The molecule has 0 saturated heterocycles. The molecule has 2 aromatic carbocycles. The van der Waals surface area contributed by atoms with Gasteiger partial charge in [-0.25, -0.2) is 19.2 Å². The summed E-state index contributed by atoms with van der Waals surface area (Å²) in [5.41, 5.74) is 7.17. The summed E-state index contributed by atoms with van der Waals surface area (Å²) in [7, 11) is 2.72. The van der Waals surface area contributed by atoms with Crippen molar-refractivity contribution in [2.24, 2.45) is 0 Å². The van der Waals surface area contributed by atoms with E-state index in [0.717, 1.165) is 12.1 Å². The van der Waals surface area contributed by atoms with Crippen LogP contribution in [0.25, 0.3) is 22.2 Å². The number of aromatic carboxylic acids is 1. The van der Waals surface area contributed by atoms with Crippen LogP contribution in [-0.2, 0) is 6.54 Å². The molecule has 3 heterocycles. The molecule has 5 rings (SSSR count). The smallest absolute Gasteiger partial charge is 0.337 e. The standard InChI is InChI=1S/C17H12ClFN2O4.C9H10N4/c1-24-10-7-11(25-2)14(19)12(13(10)18)8-3-4-9(17(22)23)16-15(8)20-5-6-21-16;10-9-2-1-8(5-12-9)6-13-4-3-11-7-13/h3-7H,1-2H3,(H,22,23);1-5,7H,6H2,(H2,10,12). The SMILES string of the molecule is COc1cc(OC)c(Cl)c(-c2ccc(C(=O)O)c3nccnc23)c1F.Nc1ccc(Cn2ccnc2)cn1. The summed E-state index contributed by atoms with van der Waals surface area (Å²) in [4.78, 5) is 27.6. The molecule has 194 valence electrons. The van der Waals surface area contributed by atoms with Gasteiger partial charge >= 0.3 is 5.97 Å². The number of halogens is 2. The third kappa shape index (κ3) is 5.47. The van der Waals surface area contributed by atoms with E-state index < -0.39 is 11.8 Å². The van der Waals surface area contributed by atoms with E-state index in [-0.39, 0.29) is 44.2 Å². The number of carboxylic acids is 1. The predicted molar refractivity (Wildman–Crippen MR) is 140 cm³/mol. The average molecular weight is 537 g/mol. The molecule has 0 aliphatic rings. The molecule has 0 fully saturated rings. The molecule has 0 spiro atoms. The summed E-state index contributed by atoms with van der Waals surface area (Å²) in [5, 5.41) is 9.33. The van der Waals surface area contributed by atoms with Crippen molar-refractivity contribution in [3.8, 4) is 22.6 Å². The second-order valence-electron chi connectivity index (χ2n) is 7.83. The number of hydrogen-bond acceptors (Lipinski definition) is 8. The Labute approximate surface area is 221 Å². The highest BCUT2D eigenvalue weighted by Crippen LogP contribution is 2.43. The average Bonchev–Trinajstić information content (AvgIpc) is 3.43. The molecule has 38 heavy (non-hydrogen) atoms. The lowest BCUT2D eigenvalue weighted by Crippen LogP contribution is -2.02. The van der Waals surface area contributed by atoms with Crippen molar-refractivity contribution in [3.63, 3.8) is 0 Å². The Hall–Kier alpha value is -4.77. The van der Waals surface area contributed by atoms with E-state index in [0.29, 0.717) is 5.82 Å². The summed E-state index contributed by atoms with van der Waals surface area (Å²) < 4.78 is 27.1. The first kappa shape index (κ1) is 26.3. The minimum absolute atomic E-state index is 0.000283. The van der Waals surface area contributed by atoms with Crippen LogP contribution in [0.3, 0.4) is 0 Å². The molecule has 0 amide bonds. The number of nitrogen functional groups attached to an aromatic ring is 1. The topological polar surface area (TPSA) is 138 Å². The second kappa shape index (κ2) is 11.5. The molecule has 3 N–H and O–H groups in total. The van der Waals surface area contributed by atoms with Crippen molar-refractivity contribution < 1.29 is 23.8 Å². The lowest BCUT2D eigenvalue weighted by Gasteiger charge is -2.15. The Kier molecular flexibility index (Phi) is 7.97. The monoisotopic (exact) mass is 536 g/mol. The fourth-order valence-electron chi connectivity index (χ4n) is 3.67. The van der Waals surface area contributed by atoms with E-state index >= 15 is 0 Å². The van der Waals surface area contributed by atoms with Gasteiger partial charge in [-0.05, 0) is 17.7 Å². The minimum atomic E-state index is -1.16. The van der Waals surface area contributed by atoms with E-state index in [2.05, 4.69) is 19.9 Å². The van der Waals surface area contributed by atoms with Gasteiger partial charge in [0.05, 0.1) is 36.6 Å². The van der Waals surface area contributed by atoms with Gasteiger partial charge in [0.25, 0.3) is 0 Å². The lowest BCUT2D eigenvalue weighted by atomic mass is 9.99. The summed E-state index contributed by atoms with van der Waals surface area (Å²) in [5.74, 6) is -1.16. The number of fused-ring (bicyclic) bond motifs is 1. The highest BCUT2D eigenvalue weighted by Gasteiger charge is 2.23. The quantitative estimate of drug-likeness (QED) is 0.316. The first-order valence-electron chi connectivity index (χ1n) is 11.1. The fraction of sp³-hybridized carbons (Fsp3) is 0.115. The van der Waals surface area contributed by atoms with Gasteiger partial charge in [0.1, 0.15) is 17.1 Å². The van der Waals surface area contributed by atoms with Crippen LogP contribution in [0.2, 0.25) is 5.02 Å². The second-order valence-corrected chi connectivity index (χ2v) is 8.21. The molecule has 3 aromatic heterocycles. The Morgan fingerprint density at radius 1 is 1.05 bits per heavy atom. The molecular weight excluding hydrogens is 515 g/mol. The van der Waals surface area contributed by atoms with E-state index in [9.17, 15) is 14.3 Å². The van der Waals surface area contributed by atoms with Crippen LogP contribution in [0.1, 0.15) is 15.9 Å². The zero-order valence-electron chi connectivity index (χ0n) is 20.3. The molecule has 0 unspecified atom stereocenters. The van der Waals surface area contributed by atoms with Gasteiger partial charge < -0.3 is 24.9 Å². The van der Waals surface area contributed by atoms with Gasteiger partial charge in [0.15, 0.2) is 11.6 Å². The zero-order chi connectivity index (χ0) is 27.2. The third-order valence-corrected chi connectivity index (χ3v) is 5.85. The first-order valence-corrected chi connectivity index (χ1v) is 11.4. The number of ether oxygens (including phenoxy) is 2. The molecule has 0 bridgehead atoms. The molecule has 10 nitrogen and oxygen atoms in total. The number of aromatic nitrogens is 5. The number of anilines is 1. The summed E-state index contributed by atoms with van der Waals surface area (Å²) in [6, 6.07) is 7.86. The first-order chi connectivity index (χ1) is 18.3. The number of nitrogens with two attached hydrogens (primary N) is 1. The van der Waals surface area contributed by atoms with Crippen LogP contribution in [-0.4, -0.2) is 49.8 Å². The van der Waals surface area contributed by atoms with Crippen molar-refractivity contribution in [2.75, 3.05) is 20.0 Å². The number of benzene rings is 2. The highest BCUT2D eigenvalue weighted by atomic mass is 35.5. The van der Waals surface area contributed by atoms with Gasteiger partial charge in [0, 0.05) is 54.7 Å². The zero-order valence-corrected chi connectivity index (χ0v) is 21.1. The third-order valence-electron chi connectivity index (χ3n) is 5.47. The van der Waals surface area contributed by atoms with Crippen molar-refractivity contribution in [1.82, 2.24) is 24.5 Å². The summed E-state index contributed by atoms with van der Waals surface area (Å²) in [6.45, 7) is 0.785. The number of methoxy groups -OCH3 is 2. The number of carbonyl (C=O) groups is 1. The molecule has 0 atom stereocenters. The van der Waals surface area contributed by atoms with Gasteiger partial charge in [-0.15, -0.1) is 0 Å². The van der Waals surface area contributed by atoms with Crippen molar-refractivity contribution in [3.05, 3.63) is 89.6 Å². The van der Waals surface area contributed by atoms with Crippen LogP contribution >= 0.6 is 11.6 Å². The Morgan fingerprint density at radius 2 is 1.79 bits per heavy atom.